The summed E-state index contributed by atoms with van der Waals surface area (Å²) in [6.07, 6.45) is 1.13. The van der Waals surface area contributed by atoms with Crippen molar-refractivity contribution in [3.8, 4) is 0 Å². The number of piperidine rings is 1. The Morgan fingerprint density at radius 1 is 0.861 bits per heavy atom. The summed E-state index contributed by atoms with van der Waals surface area (Å²) in [5, 5.41) is 2.83. The Bertz CT molecular complexity index is 1320. The largest absolute Gasteiger partial charge is 0.326 e. The van der Waals surface area contributed by atoms with Crippen LogP contribution in [0.3, 0.4) is 0 Å². The van der Waals surface area contributed by atoms with E-state index < -0.39 is 26.0 Å². The van der Waals surface area contributed by atoms with E-state index in [9.17, 15) is 21.6 Å². The van der Waals surface area contributed by atoms with Crippen LogP contribution in [0, 0.1) is 19.8 Å². The molecule has 2 heterocycles. The number of aryl methyl sites for hydroxylation is 2. The van der Waals surface area contributed by atoms with Crippen molar-refractivity contribution in [1.82, 2.24) is 13.5 Å². The maximum Gasteiger partial charge on any atom is 0.243 e. The topological polar surface area (TPSA) is 107 Å². The van der Waals surface area contributed by atoms with Crippen LogP contribution in [-0.2, 0) is 24.8 Å². The number of nitrogens with zero attached hydrogens (tertiary/aromatic N) is 3. The Kier molecular flexibility index (Phi) is 7.86. The van der Waals surface area contributed by atoms with E-state index in [-0.39, 0.29) is 22.2 Å². The van der Waals surface area contributed by atoms with Gasteiger partial charge < -0.3 is 10.2 Å². The molecule has 0 spiro atoms. The molecule has 2 fully saturated rings. The Hall–Kier alpha value is -2.31. The quantitative estimate of drug-likeness (QED) is 0.609. The predicted octanol–water partition coefficient (Wildman–Crippen LogP) is 2.28. The molecular weight excluding hydrogens is 500 g/mol. The Morgan fingerprint density at radius 3 is 2.19 bits per heavy atom. The van der Waals surface area contributed by atoms with Crippen molar-refractivity contribution in [2.45, 2.75) is 36.5 Å². The molecule has 4 rings (SSSR count). The highest BCUT2D eigenvalue weighted by atomic mass is 32.2. The van der Waals surface area contributed by atoms with E-state index >= 15 is 0 Å². The standard InChI is InChI=1S/C25H34N4O5S2/c1-19-6-10-23(11-7-19)35(31,32)29-12-4-5-21(18-29)25(30)26-22-9-8-20(2)24(17-22)36(33,34)28-15-13-27(3)14-16-28/h6-11,17,21H,4-5,12-16,18H2,1-3H3,(H,26,30)/t21-/m1/s1. The zero-order chi connectivity index (χ0) is 26.1. The van der Waals surface area contributed by atoms with Gasteiger partial charge in [0.1, 0.15) is 0 Å². The van der Waals surface area contributed by atoms with Gasteiger partial charge in [-0.25, -0.2) is 16.8 Å². The third-order valence-electron chi connectivity index (χ3n) is 6.95. The van der Waals surface area contributed by atoms with Crippen LogP contribution in [0.2, 0.25) is 0 Å². The fraction of sp³-hybridized carbons (Fsp3) is 0.480. The highest BCUT2D eigenvalue weighted by molar-refractivity contribution is 7.89. The Labute approximate surface area is 214 Å². The number of carbonyl (C=O) groups excluding carboxylic acids is 1. The van der Waals surface area contributed by atoms with Crippen molar-refractivity contribution < 1.29 is 21.6 Å². The molecule has 0 aliphatic carbocycles. The van der Waals surface area contributed by atoms with Gasteiger partial charge in [0.15, 0.2) is 0 Å². The molecule has 2 aliphatic heterocycles. The lowest BCUT2D eigenvalue weighted by Gasteiger charge is -2.32. The molecule has 196 valence electrons. The van der Waals surface area contributed by atoms with E-state index in [0.717, 1.165) is 5.56 Å². The third-order valence-corrected chi connectivity index (χ3v) is 10.9. The fourth-order valence-electron chi connectivity index (χ4n) is 4.60. The number of nitrogens with one attached hydrogen (secondary N) is 1. The average Bonchev–Trinajstić information content (AvgIpc) is 2.85. The minimum Gasteiger partial charge on any atom is -0.326 e. The lowest BCUT2D eigenvalue weighted by Crippen LogP contribution is -2.47. The third kappa shape index (κ3) is 5.65. The lowest BCUT2D eigenvalue weighted by molar-refractivity contribution is -0.120. The molecule has 1 amide bonds. The molecular formula is C25H34N4O5S2. The molecule has 1 atom stereocenters. The van der Waals surface area contributed by atoms with Crippen LogP contribution in [-0.4, -0.2) is 82.6 Å². The van der Waals surface area contributed by atoms with Crippen LogP contribution in [0.4, 0.5) is 5.69 Å². The number of sulfonamides is 2. The van der Waals surface area contributed by atoms with E-state index in [2.05, 4.69) is 10.2 Å². The molecule has 2 aliphatic rings. The second kappa shape index (κ2) is 10.6. The van der Waals surface area contributed by atoms with Gasteiger partial charge in [-0.3, -0.25) is 4.79 Å². The molecule has 36 heavy (non-hydrogen) atoms. The molecule has 2 saturated heterocycles. The summed E-state index contributed by atoms with van der Waals surface area (Å²) in [4.78, 5) is 15.6. The van der Waals surface area contributed by atoms with Crippen LogP contribution < -0.4 is 5.32 Å². The first-order chi connectivity index (χ1) is 17.0. The van der Waals surface area contributed by atoms with E-state index in [1.165, 1.54) is 14.7 Å². The number of hydrogen-bond donors (Lipinski definition) is 1. The molecule has 2 aromatic rings. The number of amides is 1. The smallest absolute Gasteiger partial charge is 0.243 e. The minimum atomic E-state index is -3.70. The van der Waals surface area contributed by atoms with Crippen molar-refractivity contribution >= 4 is 31.6 Å². The van der Waals surface area contributed by atoms with Crippen molar-refractivity contribution in [3.63, 3.8) is 0 Å². The lowest BCUT2D eigenvalue weighted by atomic mass is 9.98. The zero-order valence-electron chi connectivity index (χ0n) is 21.0. The van der Waals surface area contributed by atoms with Crippen molar-refractivity contribution in [2.24, 2.45) is 5.92 Å². The molecule has 9 nitrogen and oxygen atoms in total. The highest BCUT2D eigenvalue weighted by Crippen LogP contribution is 2.27. The molecule has 1 N–H and O–H groups in total. The van der Waals surface area contributed by atoms with Gasteiger partial charge in [-0.05, 0) is 63.6 Å². The number of anilines is 1. The van der Waals surface area contributed by atoms with Gasteiger partial charge in [-0.2, -0.15) is 8.61 Å². The molecule has 11 heteroatoms. The van der Waals surface area contributed by atoms with E-state index in [0.29, 0.717) is 56.8 Å². The van der Waals surface area contributed by atoms with Crippen LogP contribution >= 0.6 is 0 Å². The van der Waals surface area contributed by atoms with Gasteiger partial charge >= 0.3 is 0 Å². The molecule has 0 unspecified atom stereocenters. The summed E-state index contributed by atoms with van der Waals surface area (Å²) in [5.41, 5.74) is 1.97. The highest BCUT2D eigenvalue weighted by Gasteiger charge is 2.34. The van der Waals surface area contributed by atoms with E-state index in [1.807, 2.05) is 14.0 Å². The fourth-order valence-corrected chi connectivity index (χ4v) is 7.80. The van der Waals surface area contributed by atoms with Gasteiger partial charge in [0, 0.05) is 45.0 Å². The van der Waals surface area contributed by atoms with E-state index in [1.54, 1.807) is 43.3 Å². The summed E-state index contributed by atoms with van der Waals surface area (Å²) in [7, 11) is -5.43. The first kappa shape index (κ1) is 26.7. The van der Waals surface area contributed by atoms with Crippen molar-refractivity contribution in [3.05, 3.63) is 53.6 Å². The van der Waals surface area contributed by atoms with Gasteiger partial charge in [0.2, 0.25) is 26.0 Å². The zero-order valence-corrected chi connectivity index (χ0v) is 22.6. The maximum absolute atomic E-state index is 13.3. The van der Waals surface area contributed by atoms with E-state index in [4.69, 9.17) is 0 Å². The van der Waals surface area contributed by atoms with Crippen LogP contribution in [0.15, 0.2) is 52.3 Å². The Morgan fingerprint density at radius 2 is 1.53 bits per heavy atom. The van der Waals surface area contributed by atoms with Gasteiger partial charge in [0.05, 0.1) is 15.7 Å². The number of piperazine rings is 1. The SMILES string of the molecule is Cc1ccc(S(=O)(=O)N2CCC[C@@H](C(=O)Nc3ccc(C)c(S(=O)(=O)N4CCN(C)CC4)c3)C2)cc1. The summed E-state index contributed by atoms with van der Waals surface area (Å²) in [5.74, 6) is -0.844. The summed E-state index contributed by atoms with van der Waals surface area (Å²) in [6.45, 7) is 6.24. The minimum absolute atomic E-state index is 0.0837. The molecule has 0 radical (unpaired) electrons. The molecule has 0 aromatic heterocycles. The van der Waals surface area contributed by atoms with Crippen LogP contribution in [0.25, 0.3) is 0 Å². The number of carbonyl (C=O) groups is 1. The van der Waals surface area contributed by atoms with Gasteiger partial charge in [-0.15, -0.1) is 0 Å². The predicted molar refractivity (Wildman–Crippen MR) is 139 cm³/mol. The summed E-state index contributed by atoms with van der Waals surface area (Å²) in [6, 6.07) is 11.6. The number of benzene rings is 2. The second-order valence-corrected chi connectivity index (χ2v) is 13.5. The van der Waals surface area contributed by atoms with Gasteiger partial charge in [0.25, 0.3) is 0 Å². The Balaban J connectivity index is 1.48. The number of hydrogen-bond acceptors (Lipinski definition) is 6. The summed E-state index contributed by atoms with van der Waals surface area (Å²) >= 11 is 0. The monoisotopic (exact) mass is 534 g/mol. The summed E-state index contributed by atoms with van der Waals surface area (Å²) < 4.78 is 55.6. The molecule has 0 saturated carbocycles. The first-order valence-electron chi connectivity index (χ1n) is 12.2. The first-order valence-corrected chi connectivity index (χ1v) is 15.0. The van der Waals surface area contributed by atoms with Crippen LogP contribution in [0.1, 0.15) is 24.0 Å². The van der Waals surface area contributed by atoms with Crippen molar-refractivity contribution in [2.75, 3.05) is 51.6 Å². The molecule has 0 bridgehead atoms. The molecule has 2 aromatic carbocycles. The average molecular weight is 535 g/mol. The maximum atomic E-state index is 13.3. The normalized spacial score (nSPS) is 20.8. The second-order valence-electron chi connectivity index (χ2n) is 9.69. The number of likely N-dealkylation sites (N-methyl/N-ethyl adjacent to an activating group) is 1. The van der Waals surface area contributed by atoms with Gasteiger partial charge in [-0.1, -0.05) is 23.8 Å². The number of rotatable bonds is 6. The van der Waals surface area contributed by atoms with Crippen molar-refractivity contribution in [1.29, 1.82) is 0 Å². The van der Waals surface area contributed by atoms with Crippen LogP contribution in [0.5, 0.6) is 0 Å².